The van der Waals surface area contributed by atoms with Crippen LogP contribution >= 0.6 is 0 Å². The molecule has 0 saturated carbocycles. The number of fused-ring (bicyclic) bond motifs is 1. The maximum atomic E-state index is 13.6. The molecule has 1 amide bonds. The molecule has 8 heteroatoms. The molecule has 0 unspecified atom stereocenters. The molecular weight excluding hydrogens is 392 g/mol. The lowest BCUT2D eigenvalue weighted by molar-refractivity contribution is 0.0579. The van der Waals surface area contributed by atoms with Gasteiger partial charge in [0.2, 0.25) is 5.95 Å². The Kier molecular flexibility index (Phi) is 5.87. The SMILES string of the molecule is CCN(C(=O)OC(C)(C)C)c1nc2cccc(C(F)F)c2c(=O)n1-c1ccccc1. The summed E-state index contributed by atoms with van der Waals surface area (Å²) in [4.78, 5) is 31.9. The first kappa shape index (κ1) is 21.4. The van der Waals surface area contributed by atoms with Crippen LogP contribution in [-0.2, 0) is 4.74 Å². The van der Waals surface area contributed by atoms with E-state index in [-0.39, 0.29) is 23.4 Å². The quantitative estimate of drug-likeness (QED) is 0.596. The van der Waals surface area contributed by atoms with Gasteiger partial charge in [-0.3, -0.25) is 4.79 Å². The molecule has 0 aliphatic rings. The number of para-hydroxylation sites is 1. The molecule has 30 heavy (non-hydrogen) atoms. The molecule has 0 aliphatic carbocycles. The molecule has 0 bridgehead atoms. The second kappa shape index (κ2) is 8.22. The Labute approximate surface area is 172 Å². The molecule has 2 aromatic carbocycles. The van der Waals surface area contributed by atoms with Gasteiger partial charge in [0.15, 0.2) is 0 Å². The lowest BCUT2D eigenvalue weighted by atomic mass is 10.1. The third-order valence-electron chi connectivity index (χ3n) is 4.33. The van der Waals surface area contributed by atoms with Crippen molar-refractivity contribution in [1.29, 1.82) is 0 Å². The van der Waals surface area contributed by atoms with E-state index in [4.69, 9.17) is 4.74 Å². The molecule has 0 spiro atoms. The van der Waals surface area contributed by atoms with Gasteiger partial charge in [0, 0.05) is 12.1 Å². The van der Waals surface area contributed by atoms with E-state index in [2.05, 4.69) is 4.98 Å². The average molecular weight is 415 g/mol. The van der Waals surface area contributed by atoms with Crippen molar-refractivity contribution in [1.82, 2.24) is 9.55 Å². The first-order chi connectivity index (χ1) is 14.1. The van der Waals surface area contributed by atoms with E-state index in [0.29, 0.717) is 5.69 Å². The summed E-state index contributed by atoms with van der Waals surface area (Å²) in [6.07, 6.45) is -3.53. The highest BCUT2D eigenvalue weighted by molar-refractivity contribution is 5.89. The van der Waals surface area contributed by atoms with Gasteiger partial charge in [-0.15, -0.1) is 0 Å². The van der Waals surface area contributed by atoms with Crippen LogP contribution < -0.4 is 10.5 Å². The Bertz CT molecular complexity index is 1120. The van der Waals surface area contributed by atoms with Crippen molar-refractivity contribution in [2.45, 2.75) is 39.7 Å². The van der Waals surface area contributed by atoms with Crippen molar-refractivity contribution in [2.24, 2.45) is 0 Å². The van der Waals surface area contributed by atoms with Crippen LogP contribution in [0, 0.1) is 0 Å². The Balaban J connectivity index is 2.35. The summed E-state index contributed by atoms with van der Waals surface area (Å²) in [6, 6.07) is 12.6. The van der Waals surface area contributed by atoms with Gasteiger partial charge in [-0.2, -0.15) is 0 Å². The maximum absolute atomic E-state index is 13.6. The maximum Gasteiger partial charge on any atom is 0.417 e. The number of alkyl halides is 2. The van der Waals surface area contributed by atoms with E-state index < -0.39 is 29.2 Å². The Morgan fingerprint density at radius 1 is 1.13 bits per heavy atom. The second-order valence-corrected chi connectivity index (χ2v) is 7.65. The molecule has 1 aromatic heterocycles. The molecule has 1 heterocycles. The van der Waals surface area contributed by atoms with Crippen molar-refractivity contribution in [3.05, 3.63) is 64.4 Å². The number of halogens is 2. The highest BCUT2D eigenvalue weighted by Gasteiger charge is 2.28. The summed E-state index contributed by atoms with van der Waals surface area (Å²) in [5.41, 5.74) is -1.36. The fraction of sp³-hybridized carbons (Fsp3) is 0.318. The first-order valence-corrected chi connectivity index (χ1v) is 9.53. The first-order valence-electron chi connectivity index (χ1n) is 9.53. The number of rotatable bonds is 4. The Hall–Kier alpha value is -3.29. The van der Waals surface area contributed by atoms with Gasteiger partial charge in [0.1, 0.15) is 5.60 Å². The number of carbonyl (C=O) groups is 1. The number of anilines is 1. The van der Waals surface area contributed by atoms with Gasteiger partial charge in [-0.1, -0.05) is 30.3 Å². The van der Waals surface area contributed by atoms with E-state index in [9.17, 15) is 18.4 Å². The van der Waals surface area contributed by atoms with Crippen LogP contribution in [-0.4, -0.2) is 27.8 Å². The van der Waals surface area contributed by atoms with Gasteiger partial charge in [-0.25, -0.2) is 28.0 Å². The number of ether oxygens (including phenoxy) is 1. The molecule has 0 atom stereocenters. The number of hydrogen-bond donors (Lipinski definition) is 0. The highest BCUT2D eigenvalue weighted by atomic mass is 19.3. The number of hydrogen-bond acceptors (Lipinski definition) is 4. The average Bonchev–Trinajstić information content (AvgIpc) is 2.67. The van der Waals surface area contributed by atoms with Crippen LogP contribution in [0.4, 0.5) is 19.5 Å². The molecular formula is C22H23F2N3O3. The van der Waals surface area contributed by atoms with Gasteiger partial charge in [0.05, 0.1) is 16.6 Å². The summed E-state index contributed by atoms with van der Waals surface area (Å²) in [5.74, 6) is 0.00173. The minimum Gasteiger partial charge on any atom is -0.443 e. The number of aromatic nitrogens is 2. The normalized spacial score (nSPS) is 11.7. The Morgan fingerprint density at radius 2 is 1.80 bits per heavy atom. The summed E-state index contributed by atoms with van der Waals surface area (Å²) < 4.78 is 33.8. The van der Waals surface area contributed by atoms with Gasteiger partial charge < -0.3 is 4.74 Å². The largest absolute Gasteiger partial charge is 0.443 e. The van der Waals surface area contributed by atoms with Crippen LogP contribution in [0.3, 0.4) is 0 Å². The molecule has 158 valence electrons. The number of nitrogens with zero attached hydrogens (tertiary/aromatic N) is 3. The molecule has 0 fully saturated rings. The fourth-order valence-corrected chi connectivity index (χ4v) is 3.09. The van der Waals surface area contributed by atoms with Crippen LogP contribution in [0.1, 0.15) is 39.7 Å². The van der Waals surface area contributed by atoms with E-state index in [1.807, 2.05) is 0 Å². The zero-order chi connectivity index (χ0) is 22.1. The van der Waals surface area contributed by atoms with Crippen molar-refractivity contribution in [3.63, 3.8) is 0 Å². The smallest absolute Gasteiger partial charge is 0.417 e. The topological polar surface area (TPSA) is 64.4 Å². The highest BCUT2D eigenvalue weighted by Crippen LogP contribution is 2.27. The third-order valence-corrected chi connectivity index (χ3v) is 4.33. The Morgan fingerprint density at radius 3 is 2.37 bits per heavy atom. The molecule has 3 rings (SSSR count). The summed E-state index contributed by atoms with van der Waals surface area (Å²) in [6.45, 7) is 7.06. The van der Waals surface area contributed by atoms with Gasteiger partial charge >= 0.3 is 6.09 Å². The molecule has 0 saturated heterocycles. The van der Waals surface area contributed by atoms with Crippen molar-refractivity contribution >= 4 is 22.9 Å². The number of amides is 1. The summed E-state index contributed by atoms with van der Waals surface area (Å²) in [5, 5.41) is -0.180. The predicted octanol–water partition coefficient (Wildman–Crippen LogP) is 5.08. The van der Waals surface area contributed by atoms with Crippen LogP contribution in [0.25, 0.3) is 16.6 Å². The van der Waals surface area contributed by atoms with Crippen LogP contribution in [0.2, 0.25) is 0 Å². The van der Waals surface area contributed by atoms with Crippen molar-refractivity contribution in [3.8, 4) is 5.69 Å². The fourth-order valence-electron chi connectivity index (χ4n) is 3.09. The lowest BCUT2D eigenvalue weighted by Gasteiger charge is -2.27. The number of benzene rings is 2. The minimum atomic E-state index is -2.84. The molecule has 0 N–H and O–H groups in total. The second-order valence-electron chi connectivity index (χ2n) is 7.65. The molecule has 0 aliphatic heterocycles. The molecule has 0 radical (unpaired) electrons. The number of carbonyl (C=O) groups excluding carboxylic acids is 1. The van der Waals surface area contributed by atoms with Gasteiger partial charge in [-0.05, 0) is 45.9 Å². The zero-order valence-electron chi connectivity index (χ0n) is 17.2. The minimum absolute atomic E-state index is 0.00173. The zero-order valence-corrected chi connectivity index (χ0v) is 17.2. The van der Waals surface area contributed by atoms with E-state index in [1.165, 1.54) is 27.7 Å². The third kappa shape index (κ3) is 4.17. The summed E-state index contributed by atoms with van der Waals surface area (Å²) >= 11 is 0. The van der Waals surface area contributed by atoms with Crippen molar-refractivity contribution < 1.29 is 18.3 Å². The van der Waals surface area contributed by atoms with E-state index >= 15 is 0 Å². The van der Waals surface area contributed by atoms with Crippen LogP contribution in [0.15, 0.2) is 53.3 Å². The van der Waals surface area contributed by atoms with E-state index in [1.54, 1.807) is 58.0 Å². The monoisotopic (exact) mass is 415 g/mol. The van der Waals surface area contributed by atoms with Crippen LogP contribution in [0.5, 0.6) is 0 Å². The van der Waals surface area contributed by atoms with E-state index in [0.717, 1.165) is 0 Å². The summed E-state index contributed by atoms with van der Waals surface area (Å²) in [7, 11) is 0. The van der Waals surface area contributed by atoms with Gasteiger partial charge in [0.25, 0.3) is 12.0 Å². The lowest BCUT2D eigenvalue weighted by Crippen LogP contribution is -2.40. The molecule has 6 nitrogen and oxygen atoms in total. The standard InChI is InChI=1S/C22H23F2N3O3/c1-5-26(21(29)30-22(2,3)4)20-25-16-13-9-12-15(18(23)24)17(16)19(28)27(20)14-10-7-6-8-11-14/h6-13,18H,5H2,1-4H3. The molecule has 3 aromatic rings. The predicted molar refractivity (Wildman–Crippen MR) is 112 cm³/mol. The van der Waals surface area contributed by atoms with Crippen molar-refractivity contribution in [2.75, 3.05) is 11.4 Å².